The number of rotatable bonds is 3. The molecule has 132 valence electrons. The van der Waals surface area contributed by atoms with Crippen LogP contribution in [0.2, 0.25) is 0 Å². The van der Waals surface area contributed by atoms with Crippen LogP contribution in [0.5, 0.6) is 0 Å². The van der Waals surface area contributed by atoms with Gasteiger partial charge in [0.15, 0.2) is 0 Å². The van der Waals surface area contributed by atoms with Crippen molar-refractivity contribution in [1.29, 1.82) is 0 Å². The summed E-state index contributed by atoms with van der Waals surface area (Å²) in [5.74, 6) is -1.69. The van der Waals surface area contributed by atoms with Gasteiger partial charge in [-0.1, -0.05) is 32.9 Å². The van der Waals surface area contributed by atoms with E-state index in [9.17, 15) is 14.0 Å². The number of hydrogen-bond acceptors (Lipinski definition) is 2. The quantitative estimate of drug-likeness (QED) is 0.888. The first-order valence-corrected chi connectivity index (χ1v) is 8.22. The van der Waals surface area contributed by atoms with Gasteiger partial charge in [0, 0.05) is 13.1 Å². The summed E-state index contributed by atoms with van der Waals surface area (Å²) in [6.45, 7) is 6.77. The highest BCUT2D eigenvalue weighted by Crippen LogP contribution is 2.33. The maximum Gasteiger partial charge on any atom is 0.317 e. The molecule has 0 bridgehead atoms. The van der Waals surface area contributed by atoms with Gasteiger partial charge < -0.3 is 15.3 Å². The molecule has 1 aromatic rings. The second kappa shape index (κ2) is 7.20. The lowest BCUT2D eigenvalue weighted by molar-refractivity contribution is -0.143. The van der Waals surface area contributed by atoms with Crippen LogP contribution in [-0.2, 0) is 4.79 Å². The Kier molecular flexibility index (Phi) is 5.47. The Morgan fingerprint density at radius 2 is 1.92 bits per heavy atom. The minimum atomic E-state index is -0.863. The summed E-state index contributed by atoms with van der Waals surface area (Å²) in [5, 5.41) is 12.2. The first-order valence-electron chi connectivity index (χ1n) is 8.22. The van der Waals surface area contributed by atoms with Gasteiger partial charge in [-0.05, 0) is 36.0 Å². The Bertz CT molecular complexity index is 595. The minimum absolute atomic E-state index is 0.224. The van der Waals surface area contributed by atoms with E-state index in [0.29, 0.717) is 19.4 Å². The van der Waals surface area contributed by atoms with Crippen LogP contribution in [0.15, 0.2) is 24.3 Å². The number of amides is 2. The monoisotopic (exact) mass is 336 g/mol. The number of piperidine rings is 1. The molecule has 1 aliphatic heterocycles. The highest BCUT2D eigenvalue weighted by Gasteiger charge is 2.32. The van der Waals surface area contributed by atoms with E-state index in [0.717, 1.165) is 5.56 Å². The molecule has 2 rings (SSSR count). The molecule has 0 aromatic heterocycles. The van der Waals surface area contributed by atoms with Crippen molar-refractivity contribution in [2.75, 3.05) is 13.1 Å². The topological polar surface area (TPSA) is 69.6 Å². The highest BCUT2D eigenvalue weighted by atomic mass is 19.1. The molecule has 1 fully saturated rings. The molecule has 1 heterocycles. The number of carboxylic acid groups (broad SMARTS) is 1. The molecule has 0 radical (unpaired) electrons. The number of hydrogen-bond donors (Lipinski definition) is 2. The molecule has 2 unspecified atom stereocenters. The van der Waals surface area contributed by atoms with Crippen LogP contribution in [0, 0.1) is 17.2 Å². The number of likely N-dealkylation sites (tertiary alicyclic amines) is 1. The fraction of sp³-hybridized carbons (Fsp3) is 0.556. The molecule has 2 amide bonds. The smallest absolute Gasteiger partial charge is 0.317 e. The van der Waals surface area contributed by atoms with Crippen LogP contribution < -0.4 is 5.32 Å². The van der Waals surface area contributed by atoms with Crippen LogP contribution in [0.4, 0.5) is 9.18 Å². The molecular formula is C18H25FN2O3. The lowest BCUT2D eigenvalue weighted by Gasteiger charge is -2.36. The third-order valence-corrected chi connectivity index (χ3v) is 4.40. The van der Waals surface area contributed by atoms with Crippen LogP contribution in [0.25, 0.3) is 0 Å². The van der Waals surface area contributed by atoms with Gasteiger partial charge in [-0.15, -0.1) is 0 Å². The second-order valence-corrected chi connectivity index (χ2v) is 7.42. The van der Waals surface area contributed by atoms with Crippen molar-refractivity contribution in [2.45, 2.75) is 39.7 Å². The minimum Gasteiger partial charge on any atom is -0.481 e. The van der Waals surface area contributed by atoms with Gasteiger partial charge >= 0.3 is 12.0 Å². The third-order valence-electron chi connectivity index (χ3n) is 4.40. The van der Waals surface area contributed by atoms with Gasteiger partial charge in [0.2, 0.25) is 0 Å². The van der Waals surface area contributed by atoms with E-state index in [1.807, 2.05) is 20.8 Å². The number of aliphatic carboxylic acids is 1. The first kappa shape index (κ1) is 18.2. The number of benzene rings is 1. The maximum absolute atomic E-state index is 13.2. The summed E-state index contributed by atoms with van der Waals surface area (Å²) in [5.41, 5.74) is 0.555. The van der Waals surface area contributed by atoms with Crippen molar-refractivity contribution in [1.82, 2.24) is 10.2 Å². The summed E-state index contributed by atoms with van der Waals surface area (Å²) in [6, 6.07) is 5.52. The fourth-order valence-electron chi connectivity index (χ4n) is 3.03. The number of halogens is 1. The van der Waals surface area contributed by atoms with Crippen molar-refractivity contribution in [3.05, 3.63) is 35.6 Å². The van der Waals surface area contributed by atoms with E-state index in [1.54, 1.807) is 17.0 Å². The standard InChI is InChI=1S/C18H25FN2O3/c1-18(2,3)15(12-6-8-14(19)9-7-12)20-17(24)21-10-4-5-13(11-21)16(22)23/h6-9,13,15H,4-5,10-11H2,1-3H3,(H,20,24)(H,22,23). The molecule has 2 atom stereocenters. The fourth-order valence-corrected chi connectivity index (χ4v) is 3.03. The molecule has 24 heavy (non-hydrogen) atoms. The number of carbonyl (C=O) groups excluding carboxylic acids is 1. The number of carbonyl (C=O) groups is 2. The SMILES string of the molecule is CC(C)(C)C(NC(=O)N1CCCC(C(=O)O)C1)c1ccc(F)cc1. The molecule has 2 N–H and O–H groups in total. The Labute approximate surface area is 141 Å². The summed E-state index contributed by atoms with van der Waals surface area (Å²) in [7, 11) is 0. The van der Waals surface area contributed by atoms with Gasteiger partial charge in [0.1, 0.15) is 5.82 Å². The molecule has 5 nitrogen and oxygen atoms in total. The Hall–Kier alpha value is -2.11. The zero-order valence-electron chi connectivity index (χ0n) is 14.4. The van der Waals surface area contributed by atoms with E-state index in [1.165, 1.54) is 12.1 Å². The van der Waals surface area contributed by atoms with E-state index >= 15 is 0 Å². The zero-order valence-corrected chi connectivity index (χ0v) is 14.4. The van der Waals surface area contributed by atoms with Gasteiger partial charge in [-0.3, -0.25) is 4.79 Å². The normalized spacial score (nSPS) is 19.7. The third kappa shape index (κ3) is 4.46. The Balaban J connectivity index is 2.13. The summed E-state index contributed by atoms with van der Waals surface area (Å²) in [6.07, 6.45) is 1.28. The Morgan fingerprint density at radius 3 is 2.46 bits per heavy atom. The van der Waals surface area contributed by atoms with Crippen LogP contribution in [0.1, 0.15) is 45.2 Å². The van der Waals surface area contributed by atoms with E-state index in [-0.39, 0.29) is 29.8 Å². The summed E-state index contributed by atoms with van der Waals surface area (Å²) < 4.78 is 13.2. The zero-order chi connectivity index (χ0) is 17.9. The van der Waals surface area contributed by atoms with Crippen LogP contribution in [0.3, 0.4) is 0 Å². The predicted octanol–water partition coefficient (Wildman–Crippen LogP) is 3.42. The van der Waals surface area contributed by atoms with Crippen molar-refractivity contribution in [3.63, 3.8) is 0 Å². The summed E-state index contributed by atoms with van der Waals surface area (Å²) in [4.78, 5) is 25.3. The number of carboxylic acids is 1. The van der Waals surface area contributed by atoms with Crippen molar-refractivity contribution < 1.29 is 19.1 Å². The molecule has 0 aliphatic carbocycles. The number of urea groups is 1. The molecule has 0 spiro atoms. The Morgan fingerprint density at radius 1 is 1.29 bits per heavy atom. The predicted molar refractivity (Wildman–Crippen MR) is 89.1 cm³/mol. The number of nitrogens with one attached hydrogen (secondary N) is 1. The molecule has 6 heteroatoms. The average molecular weight is 336 g/mol. The maximum atomic E-state index is 13.2. The second-order valence-electron chi connectivity index (χ2n) is 7.42. The van der Waals surface area contributed by atoms with E-state index in [4.69, 9.17) is 5.11 Å². The van der Waals surface area contributed by atoms with E-state index in [2.05, 4.69) is 5.32 Å². The lowest BCUT2D eigenvalue weighted by Crippen LogP contribution is -2.49. The van der Waals surface area contributed by atoms with Gasteiger partial charge in [-0.25, -0.2) is 9.18 Å². The van der Waals surface area contributed by atoms with Gasteiger partial charge in [0.05, 0.1) is 12.0 Å². The van der Waals surface area contributed by atoms with Gasteiger partial charge in [-0.2, -0.15) is 0 Å². The van der Waals surface area contributed by atoms with Gasteiger partial charge in [0.25, 0.3) is 0 Å². The first-order chi connectivity index (χ1) is 11.2. The van der Waals surface area contributed by atoms with Crippen molar-refractivity contribution in [2.24, 2.45) is 11.3 Å². The molecule has 1 aliphatic rings. The molecular weight excluding hydrogens is 311 g/mol. The lowest BCUT2D eigenvalue weighted by atomic mass is 9.82. The van der Waals surface area contributed by atoms with Crippen molar-refractivity contribution in [3.8, 4) is 0 Å². The largest absolute Gasteiger partial charge is 0.481 e. The molecule has 0 saturated carbocycles. The van der Waals surface area contributed by atoms with Crippen molar-refractivity contribution >= 4 is 12.0 Å². The molecule has 1 aromatic carbocycles. The van der Waals surface area contributed by atoms with Crippen LogP contribution in [-0.4, -0.2) is 35.1 Å². The highest BCUT2D eigenvalue weighted by molar-refractivity contribution is 5.77. The molecule has 1 saturated heterocycles. The number of nitrogens with zero attached hydrogens (tertiary/aromatic N) is 1. The average Bonchev–Trinajstić information content (AvgIpc) is 2.52. The summed E-state index contributed by atoms with van der Waals surface area (Å²) >= 11 is 0. The van der Waals surface area contributed by atoms with E-state index < -0.39 is 11.9 Å². The van der Waals surface area contributed by atoms with Crippen LogP contribution >= 0.6 is 0 Å².